The van der Waals surface area contributed by atoms with Crippen LogP contribution in [0.25, 0.3) is 0 Å². The Labute approximate surface area is 69.4 Å². The highest BCUT2D eigenvalue weighted by Crippen LogP contribution is 2.54. The van der Waals surface area contributed by atoms with Crippen molar-refractivity contribution >= 4 is 0 Å². The predicted octanol–water partition coefficient (Wildman–Crippen LogP) is 0.397. The van der Waals surface area contributed by atoms with E-state index in [9.17, 15) is 0 Å². The van der Waals surface area contributed by atoms with Crippen LogP contribution < -0.4 is 0 Å². The third-order valence-electron chi connectivity index (χ3n) is 3.51. The van der Waals surface area contributed by atoms with Crippen molar-refractivity contribution in [2.75, 3.05) is 41.3 Å². The smallest absolute Gasteiger partial charge is 0.0974 e. The van der Waals surface area contributed by atoms with Gasteiger partial charge >= 0.3 is 0 Å². The first-order chi connectivity index (χ1) is 4.96. The Bertz CT molecular complexity index is 186. The van der Waals surface area contributed by atoms with Gasteiger partial charge in [0.1, 0.15) is 0 Å². The first-order valence-corrected chi connectivity index (χ1v) is 4.46. The largest absolute Gasteiger partial charge is 0.327 e. The summed E-state index contributed by atoms with van der Waals surface area (Å²) < 4.78 is 1.23. The van der Waals surface area contributed by atoms with Crippen LogP contribution in [-0.2, 0) is 0 Å². The van der Waals surface area contributed by atoms with Crippen molar-refractivity contribution in [2.45, 2.75) is 12.0 Å². The lowest BCUT2D eigenvalue weighted by molar-refractivity contribution is -0.883. The number of hydrogen-bond acceptors (Lipinski definition) is 1. The molecule has 2 fully saturated rings. The fraction of sp³-hybridized carbons (Fsp3) is 1.00. The summed E-state index contributed by atoms with van der Waals surface area (Å²) in [6, 6.07) is 0. The molecule has 2 nitrogen and oxygen atoms in total. The molecule has 0 amide bonds. The van der Waals surface area contributed by atoms with E-state index in [1.54, 1.807) is 0 Å². The molecule has 2 aliphatic rings. The van der Waals surface area contributed by atoms with Crippen molar-refractivity contribution < 1.29 is 4.48 Å². The molecule has 2 unspecified atom stereocenters. The highest BCUT2D eigenvalue weighted by molar-refractivity contribution is 5.13. The second kappa shape index (κ2) is 1.80. The van der Waals surface area contributed by atoms with Gasteiger partial charge in [-0.05, 0) is 20.5 Å². The van der Waals surface area contributed by atoms with Crippen molar-refractivity contribution in [3.8, 4) is 0 Å². The van der Waals surface area contributed by atoms with Crippen LogP contribution in [0.3, 0.4) is 0 Å². The lowest BCUT2D eigenvalue weighted by Gasteiger charge is -2.29. The molecule has 0 aromatic rings. The second-order valence-corrected chi connectivity index (χ2v) is 5.18. The summed E-state index contributed by atoms with van der Waals surface area (Å²) in [5.74, 6) is 0.993. The van der Waals surface area contributed by atoms with Crippen LogP contribution in [0.1, 0.15) is 6.42 Å². The maximum atomic E-state index is 2.44. The highest BCUT2D eigenvalue weighted by atomic mass is 15.4. The second-order valence-electron chi connectivity index (χ2n) is 5.18. The van der Waals surface area contributed by atoms with Crippen molar-refractivity contribution in [2.24, 2.45) is 5.92 Å². The average Bonchev–Trinajstić information content (AvgIpc) is 2.35. The fourth-order valence-electron chi connectivity index (χ4n) is 2.89. The van der Waals surface area contributed by atoms with Gasteiger partial charge in [0.15, 0.2) is 0 Å². The quantitative estimate of drug-likeness (QED) is 0.495. The van der Waals surface area contributed by atoms with Crippen LogP contribution in [0, 0.1) is 5.92 Å². The van der Waals surface area contributed by atoms with E-state index in [0.29, 0.717) is 5.54 Å². The predicted molar refractivity (Wildman–Crippen MR) is 46.4 cm³/mol. The highest BCUT2D eigenvalue weighted by Gasteiger charge is 2.66. The molecule has 1 aliphatic carbocycles. The fourth-order valence-corrected chi connectivity index (χ4v) is 2.89. The molecule has 2 rings (SSSR count). The Morgan fingerprint density at radius 2 is 2.00 bits per heavy atom. The molecule has 2 atom stereocenters. The number of likely N-dealkylation sites (tertiary alicyclic amines) is 1. The molecule has 0 aromatic carbocycles. The molecule has 0 N–H and O–H groups in total. The normalized spacial score (nSPS) is 46.1. The summed E-state index contributed by atoms with van der Waals surface area (Å²) in [4.78, 5) is 2.44. The van der Waals surface area contributed by atoms with Gasteiger partial charge in [-0.25, -0.2) is 0 Å². The van der Waals surface area contributed by atoms with Crippen molar-refractivity contribution in [3.63, 3.8) is 0 Å². The van der Waals surface area contributed by atoms with Crippen LogP contribution in [0.5, 0.6) is 0 Å². The van der Waals surface area contributed by atoms with E-state index >= 15 is 0 Å². The first kappa shape index (κ1) is 7.56. The molecular formula is C9H19N2+. The van der Waals surface area contributed by atoms with Gasteiger partial charge in [-0.2, -0.15) is 0 Å². The van der Waals surface area contributed by atoms with Crippen LogP contribution >= 0.6 is 0 Å². The molecule has 64 valence electrons. The summed E-state index contributed by atoms with van der Waals surface area (Å²) in [5.41, 5.74) is 0.601. The van der Waals surface area contributed by atoms with E-state index < -0.39 is 0 Å². The Morgan fingerprint density at radius 1 is 1.36 bits per heavy atom. The number of nitrogens with zero attached hydrogens (tertiary/aromatic N) is 2. The number of fused-ring (bicyclic) bond motifs is 1. The Kier molecular flexibility index (Phi) is 1.24. The monoisotopic (exact) mass is 155 g/mol. The minimum atomic E-state index is 0.601. The van der Waals surface area contributed by atoms with E-state index in [-0.39, 0.29) is 0 Å². The molecule has 1 heterocycles. The maximum absolute atomic E-state index is 2.44. The van der Waals surface area contributed by atoms with Gasteiger partial charge in [0, 0.05) is 5.92 Å². The molecule has 0 aromatic heterocycles. The van der Waals surface area contributed by atoms with Crippen LogP contribution in [-0.4, -0.2) is 56.2 Å². The number of likely N-dealkylation sites (N-methyl/N-ethyl adjacent to an activating group) is 2. The minimum absolute atomic E-state index is 0.601. The summed E-state index contributed by atoms with van der Waals surface area (Å²) >= 11 is 0. The summed E-state index contributed by atoms with van der Waals surface area (Å²) in [6.45, 7) is 2.74. The number of hydrogen-bond donors (Lipinski definition) is 0. The SMILES string of the molecule is CN(C)C12CC1C[N+](C)(C)C2. The van der Waals surface area contributed by atoms with Gasteiger partial charge in [0.25, 0.3) is 0 Å². The van der Waals surface area contributed by atoms with Crippen LogP contribution in [0.15, 0.2) is 0 Å². The maximum Gasteiger partial charge on any atom is 0.0974 e. The molecule has 0 radical (unpaired) electrons. The lowest BCUT2D eigenvalue weighted by atomic mass is 10.2. The first-order valence-electron chi connectivity index (χ1n) is 4.46. The molecule has 2 heteroatoms. The number of piperidine rings is 1. The van der Waals surface area contributed by atoms with E-state index in [1.165, 1.54) is 24.0 Å². The summed E-state index contributed by atoms with van der Waals surface area (Å²) in [5, 5.41) is 0. The minimum Gasteiger partial charge on any atom is -0.327 e. The molecule has 0 bridgehead atoms. The topological polar surface area (TPSA) is 3.24 Å². The average molecular weight is 155 g/mol. The standard InChI is InChI=1S/C9H19N2/c1-10(2)9-5-8(9)6-11(3,4)7-9/h8H,5-7H2,1-4H3/q+1. The van der Waals surface area contributed by atoms with Gasteiger partial charge in [-0.1, -0.05) is 0 Å². The van der Waals surface area contributed by atoms with Crippen molar-refractivity contribution in [1.82, 2.24) is 4.90 Å². The molecule has 1 aliphatic heterocycles. The molecule has 0 spiro atoms. The van der Waals surface area contributed by atoms with E-state index in [1.807, 2.05) is 0 Å². The Morgan fingerprint density at radius 3 is 2.27 bits per heavy atom. The summed E-state index contributed by atoms with van der Waals surface area (Å²) in [6.07, 6.45) is 1.45. The molecule has 1 saturated heterocycles. The van der Waals surface area contributed by atoms with E-state index in [4.69, 9.17) is 0 Å². The van der Waals surface area contributed by atoms with Gasteiger partial charge in [-0.15, -0.1) is 0 Å². The van der Waals surface area contributed by atoms with Gasteiger partial charge in [0.2, 0.25) is 0 Å². The van der Waals surface area contributed by atoms with Gasteiger partial charge < -0.3 is 4.48 Å². The van der Waals surface area contributed by atoms with Crippen molar-refractivity contribution in [1.29, 1.82) is 0 Å². The molecule has 11 heavy (non-hydrogen) atoms. The Hall–Kier alpha value is -0.0800. The lowest BCUT2D eigenvalue weighted by Crippen LogP contribution is -2.45. The summed E-state index contributed by atoms with van der Waals surface area (Å²) in [7, 11) is 9.14. The number of rotatable bonds is 1. The molecular weight excluding hydrogens is 136 g/mol. The van der Waals surface area contributed by atoms with Crippen LogP contribution in [0.2, 0.25) is 0 Å². The van der Waals surface area contributed by atoms with Gasteiger partial charge in [-0.3, -0.25) is 4.90 Å². The Balaban J connectivity index is 2.13. The zero-order chi connectivity index (χ0) is 8.28. The van der Waals surface area contributed by atoms with E-state index in [2.05, 4.69) is 33.1 Å². The molecule has 1 saturated carbocycles. The van der Waals surface area contributed by atoms with Gasteiger partial charge in [0.05, 0.1) is 32.7 Å². The zero-order valence-corrected chi connectivity index (χ0v) is 8.09. The third-order valence-corrected chi connectivity index (χ3v) is 3.51. The van der Waals surface area contributed by atoms with Crippen molar-refractivity contribution in [3.05, 3.63) is 0 Å². The number of quaternary nitrogens is 1. The van der Waals surface area contributed by atoms with Crippen LogP contribution in [0.4, 0.5) is 0 Å². The zero-order valence-electron chi connectivity index (χ0n) is 8.09. The third kappa shape index (κ3) is 0.926. The van der Waals surface area contributed by atoms with E-state index in [0.717, 1.165) is 5.92 Å².